The first-order valence-electron chi connectivity index (χ1n) is 9.99. The summed E-state index contributed by atoms with van der Waals surface area (Å²) in [7, 11) is -1.79. The van der Waals surface area contributed by atoms with Gasteiger partial charge in [0.2, 0.25) is 5.91 Å². The van der Waals surface area contributed by atoms with Crippen molar-refractivity contribution in [2.24, 2.45) is 5.92 Å². The van der Waals surface area contributed by atoms with Gasteiger partial charge in [-0.2, -0.15) is 4.31 Å². The molecule has 0 bridgehead atoms. The van der Waals surface area contributed by atoms with E-state index in [1.165, 1.54) is 15.6 Å². The highest BCUT2D eigenvalue weighted by Gasteiger charge is 2.34. The predicted molar refractivity (Wildman–Crippen MR) is 113 cm³/mol. The minimum atomic E-state index is -3.42. The van der Waals surface area contributed by atoms with Gasteiger partial charge in [-0.05, 0) is 61.4 Å². The molecule has 1 saturated heterocycles. The topological polar surface area (TPSA) is 75.7 Å². The first-order chi connectivity index (χ1) is 14.0. The Labute approximate surface area is 175 Å². The molecule has 0 radical (unpaired) electrons. The Morgan fingerprint density at radius 3 is 2.48 bits per heavy atom. The summed E-state index contributed by atoms with van der Waals surface area (Å²) in [5, 5.41) is 3.15. The van der Waals surface area contributed by atoms with E-state index in [-0.39, 0.29) is 18.4 Å². The van der Waals surface area contributed by atoms with Gasteiger partial charge in [0.25, 0.3) is 10.0 Å². The Morgan fingerprint density at radius 1 is 1.17 bits per heavy atom. The van der Waals surface area contributed by atoms with Crippen LogP contribution in [-0.2, 0) is 21.2 Å². The Morgan fingerprint density at radius 2 is 1.86 bits per heavy atom. The number of rotatable bonds is 8. The SMILES string of the molecule is COc1ccc(C(NC(=O)Cc2ccc(S(=O)(=O)N3CCCC3)s2)C2CC2)cc1. The summed E-state index contributed by atoms with van der Waals surface area (Å²) in [5.74, 6) is 1.17. The van der Waals surface area contributed by atoms with Crippen LogP contribution in [-0.4, -0.2) is 38.8 Å². The van der Waals surface area contributed by atoms with Gasteiger partial charge in [-0.1, -0.05) is 12.1 Å². The third-order valence-electron chi connectivity index (χ3n) is 5.52. The number of carbonyl (C=O) groups excluding carboxylic acids is 1. The lowest BCUT2D eigenvalue weighted by atomic mass is 10.0. The summed E-state index contributed by atoms with van der Waals surface area (Å²) in [6.45, 7) is 1.17. The molecule has 1 saturated carbocycles. The molecule has 1 aromatic heterocycles. The van der Waals surface area contributed by atoms with Gasteiger partial charge < -0.3 is 10.1 Å². The number of sulfonamides is 1. The van der Waals surface area contributed by atoms with E-state index in [0.29, 0.717) is 23.2 Å². The number of benzene rings is 1. The number of amides is 1. The van der Waals surface area contributed by atoms with Crippen LogP contribution in [0.3, 0.4) is 0 Å². The van der Waals surface area contributed by atoms with Crippen molar-refractivity contribution in [2.45, 2.75) is 42.4 Å². The van der Waals surface area contributed by atoms with Gasteiger partial charge in [0, 0.05) is 18.0 Å². The van der Waals surface area contributed by atoms with Crippen molar-refractivity contribution in [3.8, 4) is 5.75 Å². The molecule has 6 nitrogen and oxygen atoms in total. The van der Waals surface area contributed by atoms with E-state index in [1.54, 1.807) is 19.2 Å². The Hall–Kier alpha value is -1.90. The molecule has 2 aliphatic rings. The average molecular weight is 435 g/mol. The fourth-order valence-corrected chi connectivity index (χ4v) is 6.77. The Kier molecular flexibility index (Phi) is 5.94. The summed E-state index contributed by atoms with van der Waals surface area (Å²) >= 11 is 1.20. The molecule has 1 N–H and O–H groups in total. The molecule has 8 heteroatoms. The number of ether oxygens (including phenoxy) is 1. The highest BCUT2D eigenvalue weighted by Crippen LogP contribution is 2.41. The van der Waals surface area contributed by atoms with Crippen LogP contribution >= 0.6 is 11.3 Å². The molecule has 156 valence electrons. The Bertz CT molecular complexity index is 959. The van der Waals surface area contributed by atoms with Crippen molar-refractivity contribution < 1.29 is 17.9 Å². The number of nitrogens with one attached hydrogen (secondary N) is 1. The maximum Gasteiger partial charge on any atom is 0.252 e. The summed E-state index contributed by atoms with van der Waals surface area (Å²) < 4.78 is 32.4. The van der Waals surface area contributed by atoms with Crippen LogP contribution in [0.1, 0.15) is 42.2 Å². The monoisotopic (exact) mass is 434 g/mol. The van der Waals surface area contributed by atoms with Gasteiger partial charge in [0.15, 0.2) is 0 Å². The number of carbonyl (C=O) groups is 1. The Balaban J connectivity index is 1.41. The molecule has 1 amide bonds. The second-order valence-electron chi connectivity index (χ2n) is 7.66. The molecule has 1 unspecified atom stereocenters. The number of hydrogen-bond donors (Lipinski definition) is 1. The maximum atomic E-state index is 12.7. The maximum absolute atomic E-state index is 12.7. The van der Waals surface area contributed by atoms with Gasteiger partial charge in [0.05, 0.1) is 19.6 Å². The van der Waals surface area contributed by atoms with E-state index in [0.717, 1.165) is 41.9 Å². The van der Waals surface area contributed by atoms with Crippen molar-refractivity contribution >= 4 is 27.3 Å². The zero-order valence-electron chi connectivity index (χ0n) is 16.5. The van der Waals surface area contributed by atoms with E-state index in [4.69, 9.17) is 4.74 Å². The van der Waals surface area contributed by atoms with Gasteiger partial charge in [-0.3, -0.25) is 4.79 Å². The van der Waals surface area contributed by atoms with E-state index in [2.05, 4.69) is 5.32 Å². The van der Waals surface area contributed by atoms with Crippen LogP contribution in [0.25, 0.3) is 0 Å². The fraction of sp³-hybridized carbons (Fsp3) is 0.476. The first-order valence-corrected chi connectivity index (χ1v) is 12.3. The smallest absolute Gasteiger partial charge is 0.252 e. The zero-order valence-corrected chi connectivity index (χ0v) is 18.1. The molecule has 0 spiro atoms. The van der Waals surface area contributed by atoms with Crippen molar-refractivity contribution in [3.05, 3.63) is 46.8 Å². The highest BCUT2D eigenvalue weighted by molar-refractivity contribution is 7.91. The van der Waals surface area contributed by atoms with E-state index >= 15 is 0 Å². The molecule has 1 aliphatic heterocycles. The third-order valence-corrected chi connectivity index (χ3v) is 8.97. The molecular weight excluding hydrogens is 408 g/mol. The van der Waals surface area contributed by atoms with Crippen LogP contribution in [0.15, 0.2) is 40.6 Å². The van der Waals surface area contributed by atoms with Crippen LogP contribution < -0.4 is 10.1 Å². The van der Waals surface area contributed by atoms with Gasteiger partial charge in [0.1, 0.15) is 9.96 Å². The predicted octanol–water partition coefficient (Wildman–Crippen LogP) is 3.35. The van der Waals surface area contributed by atoms with E-state index < -0.39 is 10.0 Å². The van der Waals surface area contributed by atoms with Crippen LogP contribution in [0.2, 0.25) is 0 Å². The van der Waals surface area contributed by atoms with E-state index in [1.807, 2.05) is 24.3 Å². The standard InChI is InChI=1S/C21H26N2O4S2/c1-27-17-8-6-16(7-9-17)21(15-4-5-15)22-19(24)14-18-10-11-20(28-18)29(25,26)23-12-2-3-13-23/h6-11,15,21H,2-5,12-14H2,1H3,(H,22,24). The summed E-state index contributed by atoms with van der Waals surface area (Å²) in [6.07, 6.45) is 4.23. The normalized spacial score (nSPS) is 18.5. The molecule has 1 atom stereocenters. The minimum absolute atomic E-state index is 0.0128. The lowest BCUT2D eigenvalue weighted by Crippen LogP contribution is -2.30. The van der Waals surface area contributed by atoms with E-state index in [9.17, 15) is 13.2 Å². The molecular formula is C21H26N2O4S2. The van der Waals surface area contributed by atoms with Gasteiger partial charge in [-0.25, -0.2) is 8.42 Å². The van der Waals surface area contributed by atoms with Crippen molar-refractivity contribution in [1.82, 2.24) is 9.62 Å². The average Bonchev–Trinajstić information content (AvgIpc) is 3.19. The fourth-order valence-electron chi connectivity index (χ4n) is 3.74. The molecule has 2 fully saturated rings. The van der Waals surface area contributed by atoms with Crippen molar-refractivity contribution in [1.29, 1.82) is 0 Å². The summed E-state index contributed by atoms with van der Waals surface area (Å²) in [4.78, 5) is 13.4. The molecule has 4 rings (SSSR count). The number of hydrogen-bond acceptors (Lipinski definition) is 5. The number of thiophene rings is 1. The first kappa shape index (κ1) is 20.4. The molecule has 1 aromatic carbocycles. The highest BCUT2D eigenvalue weighted by atomic mass is 32.2. The lowest BCUT2D eigenvalue weighted by molar-refractivity contribution is -0.121. The summed E-state index contributed by atoms with van der Waals surface area (Å²) in [6, 6.07) is 11.2. The summed E-state index contributed by atoms with van der Waals surface area (Å²) in [5.41, 5.74) is 1.07. The largest absolute Gasteiger partial charge is 0.497 e. The quantitative estimate of drug-likeness (QED) is 0.691. The molecule has 29 heavy (non-hydrogen) atoms. The second kappa shape index (κ2) is 8.45. The molecule has 2 aromatic rings. The third kappa shape index (κ3) is 4.65. The van der Waals surface area contributed by atoms with Crippen molar-refractivity contribution in [2.75, 3.05) is 20.2 Å². The van der Waals surface area contributed by atoms with Gasteiger partial charge >= 0.3 is 0 Å². The number of methoxy groups -OCH3 is 1. The molecule has 2 heterocycles. The zero-order chi connectivity index (χ0) is 20.4. The minimum Gasteiger partial charge on any atom is -0.497 e. The van der Waals surface area contributed by atoms with Crippen LogP contribution in [0.5, 0.6) is 5.75 Å². The van der Waals surface area contributed by atoms with Crippen LogP contribution in [0.4, 0.5) is 0 Å². The number of nitrogens with zero attached hydrogens (tertiary/aromatic N) is 1. The van der Waals surface area contributed by atoms with Crippen molar-refractivity contribution in [3.63, 3.8) is 0 Å². The lowest BCUT2D eigenvalue weighted by Gasteiger charge is -2.19. The second-order valence-corrected chi connectivity index (χ2v) is 11.0. The molecule has 1 aliphatic carbocycles. The van der Waals surface area contributed by atoms with Gasteiger partial charge in [-0.15, -0.1) is 11.3 Å². The van der Waals surface area contributed by atoms with Crippen LogP contribution in [0, 0.1) is 5.92 Å².